The van der Waals surface area contributed by atoms with Crippen molar-refractivity contribution in [3.8, 4) is 0 Å². The molecule has 0 aliphatic heterocycles. The number of hydrogen-bond donors (Lipinski definition) is 2. The zero-order valence-electron chi connectivity index (χ0n) is 13.9. The molecule has 2 rings (SSSR count). The number of aryl methyl sites for hydroxylation is 2. The lowest BCUT2D eigenvalue weighted by Crippen LogP contribution is -2.43. The van der Waals surface area contributed by atoms with E-state index >= 15 is 0 Å². The summed E-state index contributed by atoms with van der Waals surface area (Å²) in [6.45, 7) is 3.67. The average Bonchev–Trinajstić information content (AvgIpc) is 2.50. The summed E-state index contributed by atoms with van der Waals surface area (Å²) in [7, 11) is 0. The standard InChI is InChI=1S/C17H19F3N4O/c1-11-9-12(2)23-15(10-11)22-7-8-24(16(25)17(18,19)20)14-5-3-13(21)4-6-14/h3-6,9-10H,7-8,21H2,1-2H3,(H,22,23). The second kappa shape index (κ2) is 7.42. The van der Waals surface area contributed by atoms with Crippen LogP contribution in [0.25, 0.3) is 0 Å². The van der Waals surface area contributed by atoms with Gasteiger partial charge in [0.2, 0.25) is 0 Å². The molecule has 0 spiro atoms. The zero-order valence-corrected chi connectivity index (χ0v) is 13.9. The lowest BCUT2D eigenvalue weighted by molar-refractivity contribution is -0.170. The van der Waals surface area contributed by atoms with Crippen LogP contribution in [0.1, 0.15) is 11.3 Å². The van der Waals surface area contributed by atoms with Crippen molar-refractivity contribution in [3.05, 3.63) is 47.7 Å². The molecule has 8 heteroatoms. The molecule has 1 aromatic heterocycles. The SMILES string of the molecule is Cc1cc(C)nc(NCCN(C(=O)C(F)(F)F)c2ccc(N)cc2)c1. The fraction of sp³-hybridized carbons (Fsp3) is 0.294. The van der Waals surface area contributed by atoms with Crippen LogP contribution in [0.2, 0.25) is 0 Å². The number of nitrogens with two attached hydrogens (primary N) is 1. The highest BCUT2D eigenvalue weighted by molar-refractivity contribution is 5.97. The third-order valence-corrected chi connectivity index (χ3v) is 3.43. The molecule has 0 radical (unpaired) electrons. The fourth-order valence-electron chi connectivity index (χ4n) is 2.38. The van der Waals surface area contributed by atoms with Gasteiger partial charge < -0.3 is 16.0 Å². The Bertz CT molecular complexity index is 724. The maximum Gasteiger partial charge on any atom is 0.471 e. The normalized spacial score (nSPS) is 11.2. The number of hydrogen-bond acceptors (Lipinski definition) is 4. The van der Waals surface area contributed by atoms with Crippen LogP contribution >= 0.6 is 0 Å². The summed E-state index contributed by atoms with van der Waals surface area (Å²) in [5.41, 5.74) is 7.86. The van der Waals surface area contributed by atoms with Crippen LogP contribution < -0.4 is 16.0 Å². The molecule has 0 fully saturated rings. The first-order chi connectivity index (χ1) is 11.7. The number of rotatable bonds is 5. The number of halogens is 3. The number of amides is 1. The van der Waals surface area contributed by atoms with E-state index in [4.69, 9.17) is 5.73 Å². The average molecular weight is 352 g/mol. The predicted octanol–water partition coefficient (Wildman–Crippen LogP) is 3.29. The number of carbonyl (C=O) groups is 1. The summed E-state index contributed by atoms with van der Waals surface area (Å²) in [4.78, 5) is 16.7. The van der Waals surface area contributed by atoms with Crippen molar-refractivity contribution in [2.75, 3.05) is 29.0 Å². The van der Waals surface area contributed by atoms with Gasteiger partial charge in [-0.3, -0.25) is 4.79 Å². The summed E-state index contributed by atoms with van der Waals surface area (Å²) in [5, 5.41) is 2.95. The number of nitrogen functional groups attached to an aromatic ring is 1. The molecule has 1 aromatic carbocycles. The molecular formula is C17H19F3N4O. The molecule has 0 aliphatic rings. The molecule has 0 saturated carbocycles. The van der Waals surface area contributed by atoms with E-state index in [1.807, 2.05) is 19.9 Å². The van der Waals surface area contributed by atoms with Crippen molar-refractivity contribution in [2.45, 2.75) is 20.0 Å². The highest BCUT2D eigenvalue weighted by Crippen LogP contribution is 2.24. The number of alkyl halides is 3. The number of aromatic nitrogens is 1. The predicted molar refractivity (Wildman–Crippen MR) is 91.5 cm³/mol. The van der Waals surface area contributed by atoms with Crippen LogP contribution in [0.4, 0.5) is 30.4 Å². The van der Waals surface area contributed by atoms with Crippen LogP contribution in [0.15, 0.2) is 36.4 Å². The summed E-state index contributed by atoms with van der Waals surface area (Å²) in [6, 6.07) is 9.34. The van der Waals surface area contributed by atoms with Gasteiger partial charge in [-0.15, -0.1) is 0 Å². The summed E-state index contributed by atoms with van der Waals surface area (Å²) >= 11 is 0. The lowest BCUT2D eigenvalue weighted by Gasteiger charge is -2.24. The van der Waals surface area contributed by atoms with Gasteiger partial charge in [0.25, 0.3) is 0 Å². The van der Waals surface area contributed by atoms with Gasteiger partial charge in [0.1, 0.15) is 5.82 Å². The van der Waals surface area contributed by atoms with Gasteiger partial charge in [-0.2, -0.15) is 13.2 Å². The summed E-state index contributed by atoms with van der Waals surface area (Å²) in [5.74, 6) is -1.37. The van der Waals surface area contributed by atoms with Gasteiger partial charge >= 0.3 is 12.1 Å². The summed E-state index contributed by atoms with van der Waals surface area (Å²) < 4.78 is 38.6. The second-order valence-electron chi connectivity index (χ2n) is 5.64. The fourth-order valence-corrected chi connectivity index (χ4v) is 2.38. The first kappa shape index (κ1) is 18.6. The van der Waals surface area contributed by atoms with E-state index in [0.29, 0.717) is 16.4 Å². The first-order valence-corrected chi connectivity index (χ1v) is 7.60. The van der Waals surface area contributed by atoms with Crippen LogP contribution in [0.3, 0.4) is 0 Å². The zero-order chi connectivity index (χ0) is 18.6. The third-order valence-electron chi connectivity index (χ3n) is 3.43. The lowest BCUT2D eigenvalue weighted by atomic mass is 10.2. The molecule has 2 aromatic rings. The number of pyridine rings is 1. The Morgan fingerprint density at radius 3 is 2.40 bits per heavy atom. The van der Waals surface area contributed by atoms with Gasteiger partial charge in [-0.05, 0) is 55.8 Å². The summed E-state index contributed by atoms with van der Waals surface area (Å²) in [6.07, 6.45) is -4.96. The van der Waals surface area contributed by atoms with Crippen molar-refractivity contribution < 1.29 is 18.0 Å². The minimum atomic E-state index is -4.96. The maximum absolute atomic E-state index is 12.9. The number of anilines is 3. The third kappa shape index (κ3) is 5.10. The Kier molecular flexibility index (Phi) is 5.51. The van der Waals surface area contributed by atoms with E-state index in [1.54, 1.807) is 6.07 Å². The molecule has 0 saturated heterocycles. The molecule has 0 unspecified atom stereocenters. The Morgan fingerprint density at radius 1 is 1.20 bits per heavy atom. The quantitative estimate of drug-likeness (QED) is 0.810. The largest absolute Gasteiger partial charge is 0.471 e. The van der Waals surface area contributed by atoms with Gasteiger partial charge in [0.05, 0.1) is 0 Å². The van der Waals surface area contributed by atoms with Crippen molar-refractivity contribution in [2.24, 2.45) is 0 Å². The molecular weight excluding hydrogens is 333 g/mol. The minimum Gasteiger partial charge on any atom is -0.399 e. The second-order valence-corrected chi connectivity index (χ2v) is 5.64. The van der Waals surface area contributed by atoms with E-state index in [-0.39, 0.29) is 18.8 Å². The molecule has 1 amide bonds. The van der Waals surface area contributed by atoms with Crippen molar-refractivity contribution in [1.29, 1.82) is 0 Å². The van der Waals surface area contributed by atoms with E-state index in [0.717, 1.165) is 11.3 Å². The highest BCUT2D eigenvalue weighted by atomic mass is 19.4. The molecule has 134 valence electrons. The molecule has 0 atom stereocenters. The smallest absolute Gasteiger partial charge is 0.399 e. The topological polar surface area (TPSA) is 71.2 Å². The van der Waals surface area contributed by atoms with Crippen LogP contribution in [0, 0.1) is 13.8 Å². The minimum absolute atomic E-state index is 0.113. The molecule has 5 nitrogen and oxygen atoms in total. The Labute approximate surface area is 143 Å². The first-order valence-electron chi connectivity index (χ1n) is 7.60. The number of nitrogens with one attached hydrogen (secondary N) is 1. The van der Waals surface area contributed by atoms with E-state index < -0.39 is 12.1 Å². The van der Waals surface area contributed by atoms with Crippen molar-refractivity contribution in [3.63, 3.8) is 0 Å². The van der Waals surface area contributed by atoms with E-state index in [1.165, 1.54) is 24.3 Å². The van der Waals surface area contributed by atoms with Gasteiger partial charge in [0.15, 0.2) is 0 Å². The van der Waals surface area contributed by atoms with Crippen molar-refractivity contribution >= 4 is 23.1 Å². The molecule has 3 N–H and O–H groups in total. The number of carbonyl (C=O) groups excluding carboxylic acids is 1. The van der Waals surface area contributed by atoms with Gasteiger partial charge in [-0.25, -0.2) is 4.98 Å². The van der Waals surface area contributed by atoms with Gasteiger partial charge in [-0.1, -0.05) is 0 Å². The van der Waals surface area contributed by atoms with Crippen LogP contribution in [0.5, 0.6) is 0 Å². The molecule has 25 heavy (non-hydrogen) atoms. The molecule has 1 heterocycles. The number of benzene rings is 1. The van der Waals surface area contributed by atoms with Crippen LogP contribution in [-0.4, -0.2) is 30.2 Å². The van der Waals surface area contributed by atoms with Gasteiger partial charge in [0, 0.05) is 30.2 Å². The van der Waals surface area contributed by atoms with Crippen molar-refractivity contribution in [1.82, 2.24) is 4.98 Å². The van der Waals surface area contributed by atoms with E-state index in [2.05, 4.69) is 10.3 Å². The molecule has 0 bridgehead atoms. The Balaban J connectivity index is 2.13. The number of nitrogens with zero attached hydrogens (tertiary/aromatic N) is 2. The highest BCUT2D eigenvalue weighted by Gasteiger charge is 2.42. The maximum atomic E-state index is 12.9. The van der Waals surface area contributed by atoms with Crippen LogP contribution in [-0.2, 0) is 4.79 Å². The Morgan fingerprint density at radius 2 is 1.84 bits per heavy atom. The Hall–Kier alpha value is -2.77. The monoisotopic (exact) mass is 352 g/mol. The molecule has 0 aliphatic carbocycles. The van der Waals surface area contributed by atoms with E-state index in [9.17, 15) is 18.0 Å².